The van der Waals surface area contributed by atoms with E-state index in [9.17, 15) is 14.4 Å². The number of hydrogen-bond acceptors (Lipinski definition) is 7. The molecule has 3 aromatic carbocycles. The predicted molar refractivity (Wildman–Crippen MR) is 183 cm³/mol. The largest absolute Gasteiger partial charge is 0.271 e. The van der Waals surface area contributed by atoms with Gasteiger partial charge in [0, 0.05) is 26.0 Å². The lowest BCUT2D eigenvalue weighted by molar-refractivity contribution is -0.136. The van der Waals surface area contributed by atoms with Crippen molar-refractivity contribution >= 4 is 81.6 Å². The van der Waals surface area contributed by atoms with Gasteiger partial charge in [0.2, 0.25) is 0 Å². The Morgan fingerprint density at radius 3 is 2.34 bits per heavy atom. The van der Waals surface area contributed by atoms with E-state index in [2.05, 4.69) is 10.3 Å². The highest BCUT2D eigenvalue weighted by molar-refractivity contribution is 6.36. The Bertz CT molecular complexity index is 1890. The number of rotatable bonds is 6. The fourth-order valence-electron chi connectivity index (χ4n) is 6.76. The summed E-state index contributed by atoms with van der Waals surface area (Å²) < 4.78 is 0. The van der Waals surface area contributed by atoms with E-state index in [0.717, 1.165) is 53.0 Å². The van der Waals surface area contributed by atoms with Gasteiger partial charge in [0.1, 0.15) is 6.54 Å². The third-order valence-electron chi connectivity index (χ3n) is 9.09. The lowest BCUT2D eigenvalue weighted by atomic mass is 9.77. The van der Waals surface area contributed by atoms with Crippen molar-refractivity contribution in [3.63, 3.8) is 0 Å². The number of anilines is 1. The number of benzene rings is 3. The van der Waals surface area contributed by atoms with Crippen LogP contribution in [0.2, 0.25) is 20.1 Å². The Kier molecular flexibility index (Phi) is 8.59. The number of imide groups is 1. The lowest BCUT2D eigenvalue weighted by Crippen LogP contribution is -2.45. The Labute approximate surface area is 291 Å². The molecule has 0 spiro atoms. The van der Waals surface area contributed by atoms with E-state index in [-0.39, 0.29) is 12.5 Å². The highest BCUT2D eigenvalue weighted by atomic mass is 35.5. The normalized spacial score (nSPS) is 24.3. The topological polar surface area (TPSA) is 98.0 Å². The zero-order valence-electron chi connectivity index (χ0n) is 25.1. The summed E-state index contributed by atoms with van der Waals surface area (Å²) in [6.45, 7) is 1.71. The Morgan fingerprint density at radius 1 is 0.915 bits per heavy atom. The van der Waals surface area contributed by atoms with Gasteiger partial charge < -0.3 is 0 Å². The van der Waals surface area contributed by atoms with Crippen molar-refractivity contribution in [3.05, 3.63) is 103 Å². The first-order valence-electron chi connectivity index (χ1n) is 15.3. The molecule has 0 aromatic heterocycles. The molecule has 4 aliphatic rings. The van der Waals surface area contributed by atoms with Crippen LogP contribution in [0.25, 0.3) is 6.08 Å². The maximum Gasteiger partial charge on any atom is 0.264 e. The molecule has 1 saturated carbocycles. The van der Waals surface area contributed by atoms with E-state index in [1.165, 1.54) is 10.0 Å². The Morgan fingerprint density at radius 2 is 1.64 bits per heavy atom. The molecule has 1 aliphatic carbocycles. The van der Waals surface area contributed by atoms with Crippen molar-refractivity contribution in [1.82, 2.24) is 10.0 Å². The molecule has 9 nitrogen and oxygen atoms in total. The summed E-state index contributed by atoms with van der Waals surface area (Å²) >= 11 is 25.6. The monoisotopic (exact) mass is 708 g/mol. The van der Waals surface area contributed by atoms with Crippen LogP contribution in [-0.2, 0) is 20.8 Å². The summed E-state index contributed by atoms with van der Waals surface area (Å²) in [7, 11) is 0. The zero-order valence-corrected chi connectivity index (χ0v) is 28.1. The maximum atomic E-state index is 14.2. The first-order chi connectivity index (χ1) is 22.6. The second-order valence-electron chi connectivity index (χ2n) is 11.9. The van der Waals surface area contributed by atoms with Gasteiger partial charge in [-0.3, -0.25) is 19.4 Å². The van der Waals surface area contributed by atoms with Crippen molar-refractivity contribution < 1.29 is 14.4 Å². The molecule has 47 heavy (non-hydrogen) atoms. The molecule has 240 valence electrons. The highest BCUT2D eigenvalue weighted by Crippen LogP contribution is 2.47. The van der Waals surface area contributed by atoms with E-state index < -0.39 is 35.8 Å². The van der Waals surface area contributed by atoms with E-state index >= 15 is 0 Å². The fraction of sp³-hybridized carbons (Fsp3) is 0.294. The number of hydrogen-bond donors (Lipinski definition) is 0. The number of halogens is 4. The minimum atomic E-state index is -1.03. The Balaban J connectivity index is 1.20. The maximum absolute atomic E-state index is 14.2. The number of amides is 3. The molecular weight excluding hydrogens is 682 g/mol. The zero-order chi connectivity index (χ0) is 33.0. The smallest absolute Gasteiger partial charge is 0.264 e. The van der Waals surface area contributed by atoms with Crippen LogP contribution in [0.5, 0.6) is 0 Å². The van der Waals surface area contributed by atoms with Crippen molar-refractivity contribution in [2.24, 2.45) is 21.4 Å². The number of allylic oxidation sites excluding steroid dienone is 1. The molecule has 7 rings (SSSR count). The van der Waals surface area contributed by atoms with Gasteiger partial charge in [-0.25, -0.2) is 9.91 Å². The minimum Gasteiger partial charge on any atom is -0.271 e. The van der Waals surface area contributed by atoms with E-state index in [1.807, 2.05) is 37.3 Å². The first-order valence-corrected chi connectivity index (χ1v) is 16.8. The molecule has 0 bridgehead atoms. The van der Waals surface area contributed by atoms with Crippen LogP contribution in [0.15, 0.2) is 81.7 Å². The summed E-state index contributed by atoms with van der Waals surface area (Å²) in [6.07, 6.45) is 5.19. The molecular formula is C34H28Cl4N6O3. The summed E-state index contributed by atoms with van der Waals surface area (Å²) in [5, 5.41) is 17.8. The van der Waals surface area contributed by atoms with Crippen LogP contribution in [0.3, 0.4) is 0 Å². The van der Waals surface area contributed by atoms with Gasteiger partial charge in [-0.1, -0.05) is 82.8 Å². The van der Waals surface area contributed by atoms with E-state index in [0.29, 0.717) is 31.3 Å². The predicted octanol–water partition coefficient (Wildman–Crippen LogP) is 7.98. The standard InChI is InChI=1S/C34H28Cl4N6O3/c1-2-18-6-11-23(12-7-18)43-33(46)30-32(34(43)47)42(41-39-30)17-28(45)44-31(24-13-10-22(36)16-27(24)38)25-5-3-4-20(29(25)40-44)14-19-8-9-21(35)15-26(19)37/h6-16,25,30-32H,2-5,17H2,1H3/b20-14+. The SMILES string of the molecule is CCc1ccc(N2C(=O)C3N=NN(CC(=O)N4N=C5/C(=C/c6ccc(Cl)cc6Cl)CCCC5C4c4ccc(Cl)cc4Cl)C3C2=O)cc1. The van der Waals surface area contributed by atoms with Crippen molar-refractivity contribution in [3.8, 4) is 0 Å². The quantitative estimate of drug-likeness (QED) is 0.243. The molecule has 2 fully saturated rings. The number of aryl methyl sites for hydroxylation is 1. The number of hydrazone groups is 1. The van der Waals surface area contributed by atoms with Gasteiger partial charge >= 0.3 is 0 Å². The van der Waals surface area contributed by atoms with Crippen molar-refractivity contribution in [2.75, 3.05) is 11.4 Å². The summed E-state index contributed by atoms with van der Waals surface area (Å²) in [5.41, 5.74) is 4.76. The summed E-state index contributed by atoms with van der Waals surface area (Å²) in [6, 6.07) is 15.2. The molecule has 0 N–H and O–H groups in total. The molecule has 4 unspecified atom stereocenters. The van der Waals surface area contributed by atoms with Crippen LogP contribution < -0.4 is 4.90 Å². The van der Waals surface area contributed by atoms with Gasteiger partial charge in [-0.2, -0.15) is 10.2 Å². The van der Waals surface area contributed by atoms with Crippen molar-refractivity contribution in [2.45, 2.75) is 50.7 Å². The van der Waals surface area contributed by atoms with Gasteiger partial charge in [-0.15, -0.1) is 0 Å². The van der Waals surface area contributed by atoms with Crippen LogP contribution in [0.1, 0.15) is 48.9 Å². The van der Waals surface area contributed by atoms with E-state index in [4.69, 9.17) is 51.5 Å². The van der Waals surface area contributed by atoms with Crippen LogP contribution in [0, 0.1) is 5.92 Å². The fourth-order valence-corrected chi connectivity index (χ4v) is 7.75. The van der Waals surface area contributed by atoms with E-state index in [1.54, 1.807) is 36.4 Å². The molecule has 4 atom stereocenters. The Hall–Kier alpha value is -3.76. The third kappa shape index (κ3) is 5.73. The number of carbonyl (C=O) groups excluding carboxylic acids is 3. The average Bonchev–Trinajstić information content (AvgIpc) is 3.72. The molecule has 3 heterocycles. The number of carbonyl (C=O) groups is 3. The minimum absolute atomic E-state index is 0.159. The molecule has 0 radical (unpaired) electrons. The van der Waals surface area contributed by atoms with Crippen LogP contribution >= 0.6 is 46.4 Å². The van der Waals surface area contributed by atoms with Gasteiger partial charge in [0.05, 0.1) is 17.4 Å². The van der Waals surface area contributed by atoms with Gasteiger partial charge in [0.15, 0.2) is 12.1 Å². The van der Waals surface area contributed by atoms with Gasteiger partial charge in [0.25, 0.3) is 17.7 Å². The molecule has 1 saturated heterocycles. The number of nitrogens with zero attached hydrogens (tertiary/aromatic N) is 6. The average molecular weight is 710 g/mol. The second kappa shape index (κ2) is 12.7. The molecule has 3 amide bonds. The third-order valence-corrected chi connectivity index (χ3v) is 10.2. The lowest BCUT2D eigenvalue weighted by Gasteiger charge is -2.31. The van der Waals surface area contributed by atoms with Crippen molar-refractivity contribution in [1.29, 1.82) is 0 Å². The molecule has 3 aliphatic heterocycles. The van der Waals surface area contributed by atoms with Crippen LogP contribution in [-0.4, -0.2) is 52.1 Å². The second-order valence-corrected chi connectivity index (χ2v) is 13.6. The number of fused-ring (bicyclic) bond motifs is 2. The first kappa shape index (κ1) is 31.8. The highest BCUT2D eigenvalue weighted by Gasteiger charge is 2.55. The summed E-state index contributed by atoms with van der Waals surface area (Å²) in [4.78, 5) is 42.3. The van der Waals surface area contributed by atoms with Gasteiger partial charge in [-0.05, 0) is 90.4 Å². The van der Waals surface area contributed by atoms with Crippen LogP contribution in [0.4, 0.5) is 5.69 Å². The molecule has 3 aromatic rings. The summed E-state index contributed by atoms with van der Waals surface area (Å²) in [5.74, 6) is -1.53. The molecule has 13 heteroatoms.